The number of hydrogen-bond acceptors (Lipinski definition) is 3. The number of nitrogens with zero attached hydrogens (tertiary/aromatic N) is 1. The van der Waals surface area contributed by atoms with E-state index in [0.29, 0.717) is 0 Å². The quantitative estimate of drug-likeness (QED) is 0.866. The van der Waals surface area contributed by atoms with Crippen molar-refractivity contribution >= 4 is 5.82 Å². The maximum absolute atomic E-state index is 9.54. The normalized spacial score (nSPS) is 12.2. The van der Waals surface area contributed by atoms with Gasteiger partial charge in [-0.15, -0.1) is 0 Å². The average molecular weight is 242 g/mol. The van der Waals surface area contributed by atoms with Gasteiger partial charge < -0.3 is 10.4 Å². The summed E-state index contributed by atoms with van der Waals surface area (Å²) in [6.45, 7) is 4.41. The van der Waals surface area contributed by atoms with Gasteiger partial charge in [-0.1, -0.05) is 36.4 Å². The van der Waals surface area contributed by atoms with Crippen LogP contribution in [-0.2, 0) is 6.54 Å². The molecule has 0 bridgehead atoms. The zero-order valence-electron chi connectivity index (χ0n) is 10.7. The van der Waals surface area contributed by atoms with Crippen molar-refractivity contribution in [1.29, 1.82) is 0 Å². The third-order valence-electron chi connectivity index (χ3n) is 2.89. The second kappa shape index (κ2) is 5.65. The lowest BCUT2D eigenvalue weighted by atomic mass is 10.1. The van der Waals surface area contributed by atoms with E-state index in [0.717, 1.165) is 23.6 Å². The van der Waals surface area contributed by atoms with Gasteiger partial charge in [-0.05, 0) is 25.5 Å². The molecule has 18 heavy (non-hydrogen) atoms. The first-order chi connectivity index (χ1) is 8.66. The largest absolute Gasteiger partial charge is 0.389 e. The number of rotatable bonds is 4. The molecule has 2 N–H and O–H groups in total. The smallest absolute Gasteiger partial charge is 0.126 e. The number of anilines is 1. The molecule has 0 aliphatic heterocycles. The molecule has 0 amide bonds. The van der Waals surface area contributed by atoms with Crippen LogP contribution in [-0.4, -0.2) is 10.1 Å². The van der Waals surface area contributed by atoms with Crippen molar-refractivity contribution in [3.63, 3.8) is 0 Å². The first-order valence-corrected chi connectivity index (χ1v) is 6.10. The van der Waals surface area contributed by atoms with Crippen molar-refractivity contribution in [2.45, 2.75) is 26.5 Å². The number of benzene rings is 1. The molecule has 3 heteroatoms. The molecule has 2 rings (SSSR count). The van der Waals surface area contributed by atoms with Crippen molar-refractivity contribution in [3.05, 3.63) is 59.3 Å². The summed E-state index contributed by atoms with van der Waals surface area (Å²) >= 11 is 0. The summed E-state index contributed by atoms with van der Waals surface area (Å²) in [7, 11) is 0. The Morgan fingerprint density at radius 1 is 1.17 bits per heavy atom. The third-order valence-corrected chi connectivity index (χ3v) is 2.89. The summed E-state index contributed by atoms with van der Waals surface area (Å²) < 4.78 is 0. The standard InChI is InChI=1S/C15H18N2O/c1-11-14(12(2)18)8-9-15(17-11)16-10-13-6-4-3-5-7-13/h3-9,12,18H,10H2,1-2H3,(H,16,17)/t12-/m1/s1. The Hall–Kier alpha value is -1.87. The molecule has 1 aromatic heterocycles. The predicted octanol–water partition coefficient (Wildman–Crippen LogP) is 3.06. The number of pyridine rings is 1. The van der Waals surface area contributed by atoms with Crippen LogP contribution in [0.15, 0.2) is 42.5 Å². The van der Waals surface area contributed by atoms with Crippen LogP contribution >= 0.6 is 0 Å². The van der Waals surface area contributed by atoms with Crippen LogP contribution in [0, 0.1) is 6.92 Å². The van der Waals surface area contributed by atoms with Gasteiger partial charge in [-0.3, -0.25) is 0 Å². The molecule has 1 heterocycles. The lowest BCUT2D eigenvalue weighted by Crippen LogP contribution is -2.04. The minimum Gasteiger partial charge on any atom is -0.389 e. The number of nitrogens with one attached hydrogen (secondary N) is 1. The van der Waals surface area contributed by atoms with Gasteiger partial charge in [0, 0.05) is 17.8 Å². The molecule has 0 saturated heterocycles. The lowest BCUT2D eigenvalue weighted by Gasteiger charge is -2.11. The third kappa shape index (κ3) is 3.08. The maximum Gasteiger partial charge on any atom is 0.126 e. The molecule has 0 fully saturated rings. The molecule has 0 aliphatic carbocycles. The van der Waals surface area contributed by atoms with Crippen molar-refractivity contribution in [3.8, 4) is 0 Å². The van der Waals surface area contributed by atoms with Gasteiger partial charge in [0.15, 0.2) is 0 Å². The highest BCUT2D eigenvalue weighted by Gasteiger charge is 2.06. The van der Waals surface area contributed by atoms with Gasteiger partial charge in [0.1, 0.15) is 5.82 Å². The topological polar surface area (TPSA) is 45.2 Å². The second-order valence-electron chi connectivity index (χ2n) is 4.39. The highest BCUT2D eigenvalue weighted by atomic mass is 16.3. The summed E-state index contributed by atoms with van der Waals surface area (Å²) in [5.41, 5.74) is 2.96. The molecule has 0 saturated carbocycles. The minimum atomic E-state index is -0.472. The van der Waals surface area contributed by atoms with Gasteiger partial charge >= 0.3 is 0 Å². The molecular formula is C15H18N2O. The van der Waals surface area contributed by atoms with E-state index in [2.05, 4.69) is 22.4 Å². The number of hydrogen-bond donors (Lipinski definition) is 2. The van der Waals surface area contributed by atoms with E-state index in [1.54, 1.807) is 6.92 Å². The maximum atomic E-state index is 9.54. The average Bonchev–Trinajstić information content (AvgIpc) is 2.37. The van der Waals surface area contributed by atoms with Gasteiger partial charge in [-0.25, -0.2) is 4.98 Å². The van der Waals surface area contributed by atoms with Crippen LogP contribution < -0.4 is 5.32 Å². The van der Waals surface area contributed by atoms with Crippen LogP contribution in [0.3, 0.4) is 0 Å². The van der Waals surface area contributed by atoms with E-state index in [-0.39, 0.29) is 0 Å². The summed E-state index contributed by atoms with van der Waals surface area (Å²) in [6, 6.07) is 14.0. The Labute approximate surface area is 108 Å². The van der Waals surface area contributed by atoms with Crippen LogP contribution in [0.5, 0.6) is 0 Å². The summed E-state index contributed by atoms with van der Waals surface area (Å²) in [5.74, 6) is 0.834. The Balaban J connectivity index is 2.05. The minimum absolute atomic E-state index is 0.472. The summed E-state index contributed by atoms with van der Waals surface area (Å²) in [4.78, 5) is 4.44. The van der Waals surface area contributed by atoms with Crippen molar-refractivity contribution in [2.75, 3.05) is 5.32 Å². The van der Waals surface area contributed by atoms with Crippen molar-refractivity contribution in [2.24, 2.45) is 0 Å². The Bertz CT molecular complexity index is 509. The molecule has 0 aliphatic rings. The first kappa shape index (κ1) is 12.6. The van der Waals surface area contributed by atoms with Gasteiger partial charge in [0.25, 0.3) is 0 Å². The van der Waals surface area contributed by atoms with E-state index in [1.165, 1.54) is 5.56 Å². The van der Waals surface area contributed by atoms with E-state index in [4.69, 9.17) is 0 Å². The summed E-state index contributed by atoms with van der Waals surface area (Å²) in [6.07, 6.45) is -0.472. The summed E-state index contributed by atoms with van der Waals surface area (Å²) in [5, 5.41) is 12.8. The number of aliphatic hydroxyl groups excluding tert-OH is 1. The molecule has 2 aromatic rings. The van der Waals surface area contributed by atoms with Gasteiger partial charge in [0.2, 0.25) is 0 Å². The first-order valence-electron chi connectivity index (χ1n) is 6.10. The number of aromatic nitrogens is 1. The van der Waals surface area contributed by atoms with Crippen LogP contribution in [0.4, 0.5) is 5.82 Å². The highest BCUT2D eigenvalue weighted by molar-refractivity contribution is 5.39. The molecular weight excluding hydrogens is 224 g/mol. The number of aliphatic hydroxyl groups is 1. The van der Waals surface area contributed by atoms with E-state index in [1.807, 2.05) is 37.3 Å². The molecule has 0 unspecified atom stereocenters. The second-order valence-corrected chi connectivity index (χ2v) is 4.39. The fourth-order valence-corrected chi connectivity index (χ4v) is 1.90. The lowest BCUT2D eigenvalue weighted by molar-refractivity contribution is 0.198. The van der Waals surface area contributed by atoms with Gasteiger partial charge in [-0.2, -0.15) is 0 Å². The fraction of sp³-hybridized carbons (Fsp3) is 0.267. The predicted molar refractivity (Wildman–Crippen MR) is 73.4 cm³/mol. The van der Waals surface area contributed by atoms with Crippen molar-refractivity contribution in [1.82, 2.24) is 4.98 Å². The van der Waals surface area contributed by atoms with E-state index in [9.17, 15) is 5.11 Å². The number of aryl methyl sites for hydroxylation is 1. The molecule has 94 valence electrons. The molecule has 0 spiro atoms. The van der Waals surface area contributed by atoms with Crippen LogP contribution in [0.25, 0.3) is 0 Å². The highest BCUT2D eigenvalue weighted by Crippen LogP contribution is 2.17. The van der Waals surface area contributed by atoms with Gasteiger partial charge in [0.05, 0.1) is 6.10 Å². The SMILES string of the molecule is Cc1nc(NCc2ccccc2)ccc1[C@@H](C)O. The van der Waals surface area contributed by atoms with Crippen molar-refractivity contribution < 1.29 is 5.11 Å². The molecule has 0 radical (unpaired) electrons. The zero-order valence-corrected chi connectivity index (χ0v) is 10.7. The Morgan fingerprint density at radius 3 is 2.50 bits per heavy atom. The Kier molecular flexibility index (Phi) is 3.95. The van der Waals surface area contributed by atoms with Crippen LogP contribution in [0.2, 0.25) is 0 Å². The van der Waals surface area contributed by atoms with Crippen LogP contribution in [0.1, 0.15) is 29.8 Å². The fourth-order valence-electron chi connectivity index (χ4n) is 1.90. The zero-order chi connectivity index (χ0) is 13.0. The van der Waals surface area contributed by atoms with E-state index >= 15 is 0 Å². The molecule has 1 atom stereocenters. The van der Waals surface area contributed by atoms with E-state index < -0.39 is 6.10 Å². The molecule has 1 aromatic carbocycles. The Morgan fingerprint density at radius 2 is 1.89 bits per heavy atom. The molecule has 3 nitrogen and oxygen atoms in total. The monoisotopic (exact) mass is 242 g/mol.